The van der Waals surface area contributed by atoms with Gasteiger partial charge < -0.3 is 4.90 Å². The van der Waals surface area contributed by atoms with Gasteiger partial charge >= 0.3 is 0 Å². The average molecular weight is 323 g/mol. The summed E-state index contributed by atoms with van der Waals surface area (Å²) < 4.78 is 24.2. The van der Waals surface area contributed by atoms with Gasteiger partial charge in [0.25, 0.3) is 0 Å². The highest BCUT2D eigenvalue weighted by Crippen LogP contribution is 2.11. The molecule has 0 spiro atoms. The summed E-state index contributed by atoms with van der Waals surface area (Å²) in [5.41, 5.74) is 1.14. The molecular weight excluding hydrogens is 298 g/mol. The van der Waals surface area contributed by atoms with Crippen molar-refractivity contribution < 1.29 is 13.2 Å². The molecule has 2 rings (SSSR count). The zero-order chi connectivity index (χ0) is 15.8. The molecule has 1 saturated heterocycles. The Hall–Kier alpha value is -1.36. The van der Waals surface area contributed by atoms with Gasteiger partial charge in [-0.05, 0) is 31.2 Å². The van der Waals surface area contributed by atoms with Crippen LogP contribution >= 0.6 is 0 Å². The smallest absolute Gasteiger partial charge is 0.237 e. The predicted molar refractivity (Wildman–Crippen MR) is 88.5 cm³/mol. The van der Waals surface area contributed by atoms with Crippen LogP contribution in [-0.4, -0.2) is 43.8 Å². The highest BCUT2D eigenvalue weighted by Gasteiger charge is 2.22. The van der Waals surface area contributed by atoms with E-state index in [4.69, 9.17) is 0 Å². The van der Waals surface area contributed by atoms with Gasteiger partial charge in [0.1, 0.15) is 5.75 Å². The van der Waals surface area contributed by atoms with Crippen LogP contribution in [0.2, 0.25) is 0 Å². The van der Waals surface area contributed by atoms with Gasteiger partial charge in [-0.15, -0.1) is 0 Å². The van der Waals surface area contributed by atoms with Crippen LogP contribution in [0.25, 0.3) is 0 Å². The van der Waals surface area contributed by atoms with E-state index in [-0.39, 0.29) is 17.4 Å². The van der Waals surface area contributed by atoms with E-state index in [9.17, 15) is 13.2 Å². The lowest BCUT2D eigenvalue weighted by molar-refractivity contribution is -0.128. The number of hydrogen-bond acceptors (Lipinski definition) is 3. The molecule has 0 bridgehead atoms. The molecule has 0 saturated carbocycles. The molecule has 0 aromatic heterocycles. The number of carbonyl (C=O) groups is 1. The topological polar surface area (TPSA) is 54.5 Å². The number of sulfone groups is 1. The summed E-state index contributed by atoms with van der Waals surface area (Å²) in [6, 6.07) is 9.84. The van der Waals surface area contributed by atoms with E-state index in [0.29, 0.717) is 19.5 Å². The van der Waals surface area contributed by atoms with Crippen molar-refractivity contribution in [2.45, 2.75) is 38.5 Å². The first-order valence-corrected chi connectivity index (χ1v) is 9.91. The number of nitrogens with zero attached hydrogens (tertiary/aromatic N) is 1. The number of hydrogen-bond donors (Lipinski definition) is 0. The second-order valence-electron chi connectivity index (χ2n) is 5.98. The molecule has 0 radical (unpaired) electrons. The molecular formula is C17H25NO3S. The van der Waals surface area contributed by atoms with Crippen molar-refractivity contribution in [1.29, 1.82) is 0 Å². The van der Waals surface area contributed by atoms with Gasteiger partial charge in [0.05, 0.1) is 5.75 Å². The van der Waals surface area contributed by atoms with Crippen LogP contribution in [0.4, 0.5) is 0 Å². The van der Waals surface area contributed by atoms with Crippen LogP contribution in [0.1, 0.15) is 37.7 Å². The molecule has 1 amide bonds. The minimum Gasteiger partial charge on any atom is -0.342 e. The van der Waals surface area contributed by atoms with Crippen LogP contribution in [0.5, 0.6) is 0 Å². The van der Waals surface area contributed by atoms with E-state index < -0.39 is 9.84 Å². The Balaban J connectivity index is 1.78. The number of rotatable bonds is 6. The lowest BCUT2D eigenvalue weighted by atomic mass is 10.1. The zero-order valence-electron chi connectivity index (χ0n) is 13.0. The molecule has 0 N–H and O–H groups in total. The quantitative estimate of drug-likeness (QED) is 0.808. The number of likely N-dealkylation sites (tertiary alicyclic amines) is 1. The molecule has 1 aliphatic heterocycles. The summed E-state index contributed by atoms with van der Waals surface area (Å²) in [4.78, 5) is 13.9. The molecule has 1 aromatic rings. The summed E-state index contributed by atoms with van der Waals surface area (Å²) in [6.07, 6.45) is 5.54. The number of amides is 1. The van der Waals surface area contributed by atoms with Crippen LogP contribution in [0.15, 0.2) is 30.3 Å². The lowest BCUT2D eigenvalue weighted by Gasteiger charge is -2.20. The minimum atomic E-state index is -3.30. The standard InChI is InChI=1S/C17H25NO3S/c19-17(18-12-6-1-2-7-13-18)15-22(20,21)14-8-11-16-9-4-3-5-10-16/h3-5,9-10H,1-2,6-8,11-15H2. The molecule has 122 valence electrons. The van der Waals surface area contributed by atoms with Crippen molar-refractivity contribution in [3.05, 3.63) is 35.9 Å². The van der Waals surface area contributed by atoms with E-state index in [2.05, 4.69) is 0 Å². The summed E-state index contributed by atoms with van der Waals surface area (Å²) in [5, 5.41) is 0. The van der Waals surface area contributed by atoms with Crippen molar-refractivity contribution in [3.8, 4) is 0 Å². The van der Waals surface area contributed by atoms with Gasteiger partial charge in [-0.2, -0.15) is 0 Å². The van der Waals surface area contributed by atoms with Crippen LogP contribution < -0.4 is 0 Å². The van der Waals surface area contributed by atoms with Gasteiger partial charge in [-0.1, -0.05) is 43.2 Å². The molecule has 1 aromatic carbocycles. The zero-order valence-corrected chi connectivity index (χ0v) is 13.9. The minimum absolute atomic E-state index is 0.0848. The van der Waals surface area contributed by atoms with E-state index in [1.165, 1.54) is 0 Å². The monoisotopic (exact) mass is 323 g/mol. The van der Waals surface area contributed by atoms with Crippen molar-refractivity contribution in [3.63, 3.8) is 0 Å². The first-order valence-electron chi connectivity index (χ1n) is 8.09. The first-order chi connectivity index (χ1) is 10.6. The van der Waals surface area contributed by atoms with Crippen molar-refractivity contribution in [2.24, 2.45) is 0 Å². The van der Waals surface area contributed by atoms with Gasteiger partial charge in [-0.25, -0.2) is 8.42 Å². The predicted octanol–water partition coefficient (Wildman–Crippen LogP) is 2.44. The highest BCUT2D eigenvalue weighted by molar-refractivity contribution is 7.92. The van der Waals surface area contributed by atoms with E-state index in [1.807, 2.05) is 30.3 Å². The van der Waals surface area contributed by atoms with E-state index in [0.717, 1.165) is 37.7 Å². The third-order valence-electron chi connectivity index (χ3n) is 4.07. The number of benzene rings is 1. The average Bonchev–Trinajstić information content (AvgIpc) is 2.77. The molecule has 0 unspecified atom stereocenters. The van der Waals surface area contributed by atoms with Crippen LogP contribution in [0.3, 0.4) is 0 Å². The summed E-state index contributed by atoms with van der Waals surface area (Å²) in [6.45, 7) is 1.41. The third kappa shape index (κ3) is 5.79. The van der Waals surface area contributed by atoms with Crippen molar-refractivity contribution in [1.82, 2.24) is 4.90 Å². The Morgan fingerprint density at radius 3 is 2.27 bits per heavy atom. The van der Waals surface area contributed by atoms with E-state index in [1.54, 1.807) is 4.90 Å². The van der Waals surface area contributed by atoms with Gasteiger partial charge in [0.15, 0.2) is 9.84 Å². The van der Waals surface area contributed by atoms with Crippen LogP contribution in [0, 0.1) is 0 Å². The molecule has 1 aliphatic rings. The molecule has 4 nitrogen and oxygen atoms in total. The van der Waals surface area contributed by atoms with Gasteiger partial charge in [-0.3, -0.25) is 4.79 Å². The summed E-state index contributed by atoms with van der Waals surface area (Å²) >= 11 is 0. The fourth-order valence-electron chi connectivity index (χ4n) is 2.81. The van der Waals surface area contributed by atoms with Crippen molar-refractivity contribution >= 4 is 15.7 Å². The Bertz CT molecular complexity index is 561. The highest BCUT2D eigenvalue weighted by atomic mass is 32.2. The van der Waals surface area contributed by atoms with Crippen molar-refractivity contribution in [2.75, 3.05) is 24.6 Å². The molecule has 0 atom stereocenters. The summed E-state index contributed by atoms with van der Waals surface area (Å²) in [7, 11) is -3.30. The maximum absolute atomic E-state index is 12.1. The largest absolute Gasteiger partial charge is 0.342 e. The van der Waals surface area contributed by atoms with Gasteiger partial charge in [0, 0.05) is 13.1 Å². The Kier molecular flexibility index (Phi) is 6.43. The molecule has 5 heteroatoms. The maximum Gasteiger partial charge on any atom is 0.237 e. The second kappa shape index (κ2) is 8.32. The second-order valence-corrected chi connectivity index (χ2v) is 8.16. The fraction of sp³-hybridized carbons (Fsp3) is 0.588. The van der Waals surface area contributed by atoms with Crippen LogP contribution in [-0.2, 0) is 21.1 Å². The number of aryl methyl sites for hydroxylation is 1. The number of carbonyl (C=O) groups excluding carboxylic acids is 1. The first kappa shape index (κ1) is 17.0. The van der Waals surface area contributed by atoms with E-state index >= 15 is 0 Å². The molecule has 1 fully saturated rings. The maximum atomic E-state index is 12.1. The van der Waals surface area contributed by atoms with Gasteiger partial charge in [0.2, 0.25) is 5.91 Å². The Morgan fingerprint density at radius 1 is 1.00 bits per heavy atom. The molecule has 22 heavy (non-hydrogen) atoms. The third-order valence-corrected chi connectivity index (χ3v) is 5.66. The molecule has 1 heterocycles. The Labute approximate surface area is 133 Å². The summed E-state index contributed by atoms with van der Waals surface area (Å²) in [5.74, 6) is -0.467. The normalized spacial score (nSPS) is 16.3. The SMILES string of the molecule is O=C(CS(=O)(=O)CCCc1ccccc1)N1CCCCCC1. The lowest BCUT2D eigenvalue weighted by Crippen LogP contribution is -2.37. The fourth-order valence-corrected chi connectivity index (χ4v) is 4.10. The Morgan fingerprint density at radius 2 is 1.64 bits per heavy atom. The molecule has 0 aliphatic carbocycles.